The number of halogens is 2. The van der Waals surface area contributed by atoms with Crippen molar-refractivity contribution in [3.05, 3.63) is 46.9 Å². The van der Waals surface area contributed by atoms with E-state index < -0.39 is 17.5 Å². The van der Waals surface area contributed by atoms with E-state index in [4.69, 9.17) is 16.3 Å². The fraction of sp³-hybridized carbons (Fsp3) is 0.316. The zero-order chi connectivity index (χ0) is 19.9. The van der Waals surface area contributed by atoms with E-state index in [1.807, 2.05) is 13.8 Å². The number of hydrogen-bond donors (Lipinski definition) is 1. The van der Waals surface area contributed by atoms with Gasteiger partial charge in [0, 0.05) is 22.3 Å². The monoisotopic (exact) mass is 380 g/mol. The topological polar surface area (TPSA) is 68.3 Å². The normalized spacial score (nSPS) is 10.4. The molecule has 26 heavy (non-hydrogen) atoms. The highest BCUT2D eigenvalue weighted by Gasteiger charge is 2.20. The number of nitrogens with one attached hydrogen (secondary N) is 1. The Bertz CT molecular complexity index is 789. The highest BCUT2D eigenvalue weighted by molar-refractivity contribution is 6.30. The maximum absolute atomic E-state index is 14.1. The van der Waals surface area contributed by atoms with Crippen LogP contribution in [0, 0.1) is 5.82 Å². The lowest BCUT2D eigenvalue weighted by molar-refractivity contribution is 0.0635. The Morgan fingerprint density at radius 2 is 1.88 bits per heavy atom. The van der Waals surface area contributed by atoms with Crippen LogP contribution in [-0.2, 0) is 4.74 Å². The van der Waals surface area contributed by atoms with E-state index in [0.717, 1.165) is 6.07 Å². The molecule has 0 aliphatic heterocycles. The Kier molecular flexibility index (Phi) is 7.71. The number of carbonyl (C=O) groups excluding carboxylic acids is 2. The maximum atomic E-state index is 14.1. The zero-order valence-corrected chi connectivity index (χ0v) is 16.1. The van der Waals surface area contributed by atoms with Crippen molar-refractivity contribution in [2.45, 2.75) is 40.2 Å². The van der Waals surface area contributed by atoms with Gasteiger partial charge >= 0.3 is 6.09 Å². The quantitative estimate of drug-likeness (QED) is 0.690. The molecule has 0 saturated carbocycles. The third-order valence-electron chi connectivity index (χ3n) is 2.95. The number of anilines is 1. The van der Waals surface area contributed by atoms with Gasteiger partial charge in [0.05, 0.1) is 5.56 Å². The Morgan fingerprint density at radius 1 is 1.23 bits per heavy atom. The molecule has 0 aliphatic rings. The number of amides is 1. The molecule has 0 saturated heterocycles. The maximum Gasteiger partial charge on any atom is 0.413 e. The number of rotatable bonds is 3. The fourth-order valence-corrected chi connectivity index (χ4v) is 2.19. The number of aromatic nitrogens is 1. The Hall–Kier alpha value is -2.47. The lowest BCUT2D eigenvalue weighted by Crippen LogP contribution is -2.27. The van der Waals surface area contributed by atoms with Crippen LogP contribution in [0.4, 0.5) is 15.0 Å². The molecular formula is C19H22ClFN2O3. The van der Waals surface area contributed by atoms with Crippen molar-refractivity contribution >= 4 is 29.8 Å². The molecule has 5 nitrogen and oxygen atoms in total. The average molecular weight is 381 g/mol. The van der Waals surface area contributed by atoms with Gasteiger partial charge in [-0.3, -0.25) is 10.1 Å². The number of nitrogens with zero attached hydrogens (tertiary/aromatic N) is 1. The van der Waals surface area contributed by atoms with Crippen LogP contribution >= 0.6 is 11.6 Å². The van der Waals surface area contributed by atoms with Crippen molar-refractivity contribution < 1.29 is 18.7 Å². The average Bonchev–Trinajstić information content (AvgIpc) is 2.55. The number of ether oxygens (including phenoxy) is 1. The molecule has 1 heterocycles. The molecule has 0 atom stereocenters. The van der Waals surface area contributed by atoms with E-state index in [9.17, 15) is 14.0 Å². The largest absolute Gasteiger partial charge is 0.444 e. The second-order valence-electron chi connectivity index (χ2n) is 5.99. The molecule has 1 N–H and O–H groups in total. The van der Waals surface area contributed by atoms with Gasteiger partial charge in [-0.25, -0.2) is 14.2 Å². The summed E-state index contributed by atoms with van der Waals surface area (Å²) in [5.74, 6) is -0.592. The minimum atomic E-state index is -0.758. The highest BCUT2D eigenvalue weighted by Crippen LogP contribution is 2.30. The standard InChI is InChI=1S/C17H16ClFN2O3.C2H6/c1-17(2,3)24-16(23)21-15-13(9-22)11(6-7-20-15)12-5-4-10(18)8-14(12)19;1-2/h4-9H,1-3H3,(H,20,21,23);1-2H3. The lowest BCUT2D eigenvalue weighted by Gasteiger charge is -2.20. The van der Waals surface area contributed by atoms with Crippen molar-refractivity contribution in [2.75, 3.05) is 5.32 Å². The molecule has 140 valence electrons. The van der Waals surface area contributed by atoms with Crippen LogP contribution in [0.5, 0.6) is 0 Å². The van der Waals surface area contributed by atoms with Gasteiger partial charge in [-0.15, -0.1) is 0 Å². The summed E-state index contributed by atoms with van der Waals surface area (Å²) in [5.41, 5.74) is -0.188. The Balaban J connectivity index is 0.00000163. The van der Waals surface area contributed by atoms with Gasteiger partial charge in [0.25, 0.3) is 0 Å². The molecule has 0 radical (unpaired) electrons. The van der Waals surface area contributed by atoms with Crippen LogP contribution in [0.3, 0.4) is 0 Å². The number of carbonyl (C=O) groups is 2. The van der Waals surface area contributed by atoms with Gasteiger partial charge in [-0.1, -0.05) is 25.4 Å². The smallest absolute Gasteiger partial charge is 0.413 e. The van der Waals surface area contributed by atoms with E-state index in [0.29, 0.717) is 11.8 Å². The fourth-order valence-electron chi connectivity index (χ4n) is 2.04. The van der Waals surface area contributed by atoms with Crippen LogP contribution in [0.15, 0.2) is 30.5 Å². The summed E-state index contributed by atoms with van der Waals surface area (Å²) in [4.78, 5) is 27.3. The second kappa shape index (κ2) is 9.29. The first-order chi connectivity index (χ1) is 12.2. The van der Waals surface area contributed by atoms with E-state index in [1.165, 1.54) is 24.4 Å². The van der Waals surface area contributed by atoms with Crippen LogP contribution in [0.1, 0.15) is 45.0 Å². The first-order valence-electron chi connectivity index (χ1n) is 8.11. The molecule has 7 heteroatoms. The highest BCUT2D eigenvalue weighted by atomic mass is 35.5. The zero-order valence-electron chi connectivity index (χ0n) is 15.4. The summed E-state index contributed by atoms with van der Waals surface area (Å²) in [5, 5.41) is 2.65. The number of pyridine rings is 1. The van der Waals surface area contributed by atoms with Gasteiger partial charge in [0.2, 0.25) is 0 Å². The third kappa shape index (κ3) is 5.81. The molecule has 2 aromatic rings. The van der Waals surface area contributed by atoms with Crippen molar-refractivity contribution in [2.24, 2.45) is 0 Å². The molecule has 2 rings (SSSR count). The molecule has 0 aliphatic carbocycles. The number of benzene rings is 1. The molecule has 1 aromatic heterocycles. The summed E-state index contributed by atoms with van der Waals surface area (Å²) >= 11 is 5.74. The van der Waals surface area contributed by atoms with Crippen LogP contribution in [0.2, 0.25) is 5.02 Å². The molecule has 1 aromatic carbocycles. The number of aldehydes is 1. The first-order valence-corrected chi connectivity index (χ1v) is 8.48. The van der Waals surface area contributed by atoms with Crippen LogP contribution in [0.25, 0.3) is 11.1 Å². The van der Waals surface area contributed by atoms with Gasteiger partial charge in [-0.05, 0) is 45.0 Å². The molecule has 0 unspecified atom stereocenters. The minimum Gasteiger partial charge on any atom is -0.444 e. The molecule has 0 bridgehead atoms. The summed E-state index contributed by atoms with van der Waals surface area (Å²) in [7, 11) is 0. The lowest BCUT2D eigenvalue weighted by atomic mass is 10.0. The summed E-state index contributed by atoms with van der Waals surface area (Å²) in [6.45, 7) is 9.13. The summed E-state index contributed by atoms with van der Waals surface area (Å²) in [6.07, 6.45) is 1.11. The van der Waals surface area contributed by atoms with Crippen molar-refractivity contribution in [1.82, 2.24) is 4.98 Å². The predicted octanol–water partition coefficient (Wildman–Crippen LogP) is 5.73. The minimum absolute atomic E-state index is 0.00824. The Morgan fingerprint density at radius 3 is 2.42 bits per heavy atom. The Labute approximate surface area is 157 Å². The summed E-state index contributed by atoms with van der Waals surface area (Å²) in [6, 6.07) is 5.59. The SMILES string of the molecule is CC.CC(C)(C)OC(=O)Nc1nccc(-c2ccc(Cl)cc2F)c1C=O. The molecule has 1 amide bonds. The first kappa shape index (κ1) is 21.6. The van der Waals surface area contributed by atoms with Crippen molar-refractivity contribution in [3.63, 3.8) is 0 Å². The van der Waals surface area contributed by atoms with Gasteiger partial charge in [0.15, 0.2) is 6.29 Å². The number of hydrogen-bond acceptors (Lipinski definition) is 4. The van der Waals surface area contributed by atoms with Gasteiger partial charge in [-0.2, -0.15) is 0 Å². The molecule has 0 spiro atoms. The molecular weight excluding hydrogens is 359 g/mol. The summed E-state index contributed by atoms with van der Waals surface area (Å²) < 4.78 is 19.3. The van der Waals surface area contributed by atoms with Crippen molar-refractivity contribution in [3.8, 4) is 11.1 Å². The van der Waals surface area contributed by atoms with Gasteiger partial charge < -0.3 is 4.74 Å². The van der Waals surface area contributed by atoms with E-state index in [2.05, 4.69) is 10.3 Å². The third-order valence-corrected chi connectivity index (χ3v) is 3.18. The van der Waals surface area contributed by atoms with Crippen LogP contribution < -0.4 is 5.32 Å². The van der Waals surface area contributed by atoms with E-state index in [-0.39, 0.29) is 22.0 Å². The second-order valence-corrected chi connectivity index (χ2v) is 6.43. The molecule has 0 fully saturated rings. The van der Waals surface area contributed by atoms with Crippen molar-refractivity contribution in [1.29, 1.82) is 0 Å². The van der Waals surface area contributed by atoms with Crippen LogP contribution in [-0.4, -0.2) is 23.0 Å². The van der Waals surface area contributed by atoms with E-state index >= 15 is 0 Å². The predicted molar refractivity (Wildman–Crippen MR) is 101 cm³/mol. The van der Waals surface area contributed by atoms with Gasteiger partial charge in [0.1, 0.15) is 17.2 Å². The van der Waals surface area contributed by atoms with E-state index in [1.54, 1.807) is 20.8 Å².